The monoisotopic (exact) mass is 361 g/mol. The van der Waals surface area contributed by atoms with Gasteiger partial charge in [0.1, 0.15) is 5.75 Å². The van der Waals surface area contributed by atoms with Crippen LogP contribution in [0.1, 0.15) is 0 Å². The number of nitrogens with two attached hydrogens (primary N) is 1. The number of nitrogen functional groups attached to an aromatic ring is 1. The van der Waals surface area contributed by atoms with Crippen LogP contribution in [0.2, 0.25) is 0 Å². The fourth-order valence-corrected chi connectivity index (χ4v) is 2.66. The lowest BCUT2D eigenvalue weighted by Crippen LogP contribution is -2.16. The number of anilines is 1. The first-order valence-electron chi connectivity index (χ1n) is 8.02. The molecule has 3 N–H and O–H groups in total. The summed E-state index contributed by atoms with van der Waals surface area (Å²) in [5.41, 5.74) is 7.80. The molecule has 0 bridgehead atoms. The van der Waals surface area contributed by atoms with Gasteiger partial charge in [0.15, 0.2) is 17.3 Å². The van der Waals surface area contributed by atoms with Crippen LogP contribution in [0.3, 0.4) is 0 Å². The minimum Gasteiger partial charge on any atom is -0.497 e. The van der Waals surface area contributed by atoms with E-state index in [1.807, 2.05) is 6.07 Å². The largest absolute Gasteiger partial charge is 0.497 e. The average Bonchev–Trinajstić information content (AvgIpc) is 3.10. The van der Waals surface area contributed by atoms with Crippen molar-refractivity contribution in [1.82, 2.24) is 29.7 Å². The van der Waals surface area contributed by atoms with Gasteiger partial charge in [-0.05, 0) is 24.3 Å². The molecule has 0 saturated heterocycles. The number of hydrogen-bond acceptors (Lipinski definition) is 7. The summed E-state index contributed by atoms with van der Waals surface area (Å²) in [5.74, 6) is 1.02. The van der Waals surface area contributed by atoms with Crippen LogP contribution in [0, 0.1) is 0 Å². The first kappa shape index (κ1) is 16.5. The van der Waals surface area contributed by atoms with E-state index < -0.39 is 5.69 Å². The van der Waals surface area contributed by atoms with Crippen LogP contribution in [-0.2, 0) is 0 Å². The highest BCUT2D eigenvalue weighted by Crippen LogP contribution is 2.26. The summed E-state index contributed by atoms with van der Waals surface area (Å²) in [4.78, 5) is 25.2. The Bertz CT molecular complexity index is 1150. The molecule has 0 amide bonds. The number of aromatic amines is 1. The molecule has 27 heavy (non-hydrogen) atoms. The smallest absolute Gasteiger partial charge is 0.348 e. The molecule has 4 rings (SSSR count). The molecule has 0 fully saturated rings. The van der Waals surface area contributed by atoms with Gasteiger partial charge < -0.3 is 10.5 Å². The third-order valence-electron chi connectivity index (χ3n) is 3.95. The van der Waals surface area contributed by atoms with E-state index >= 15 is 0 Å². The van der Waals surface area contributed by atoms with Crippen molar-refractivity contribution in [2.24, 2.45) is 0 Å². The van der Waals surface area contributed by atoms with Crippen molar-refractivity contribution in [3.05, 3.63) is 65.5 Å². The standard InChI is InChI=1S/C18H15N7O2/c1-27-13-6-2-5-12(8-13)25-17(23-24-18(25)26)15-16(19)21-10-14(22-15)11-4-3-7-20-9-11/h2-10H,1H3,(H2,19,21)(H,24,26). The van der Waals surface area contributed by atoms with Crippen molar-refractivity contribution < 1.29 is 4.74 Å². The van der Waals surface area contributed by atoms with Gasteiger partial charge in [-0.3, -0.25) is 4.98 Å². The molecular formula is C18H15N7O2. The number of methoxy groups -OCH3 is 1. The van der Waals surface area contributed by atoms with Crippen molar-refractivity contribution in [3.63, 3.8) is 0 Å². The molecule has 9 heteroatoms. The molecule has 9 nitrogen and oxygen atoms in total. The number of benzene rings is 1. The van der Waals surface area contributed by atoms with E-state index in [1.165, 1.54) is 4.57 Å². The summed E-state index contributed by atoms with van der Waals surface area (Å²) >= 11 is 0. The Labute approximate surface area is 153 Å². The Morgan fingerprint density at radius 3 is 2.85 bits per heavy atom. The molecular weight excluding hydrogens is 346 g/mol. The Morgan fingerprint density at radius 2 is 2.07 bits per heavy atom. The maximum absolute atomic E-state index is 12.4. The normalized spacial score (nSPS) is 10.7. The van der Waals surface area contributed by atoms with E-state index in [-0.39, 0.29) is 17.3 Å². The van der Waals surface area contributed by atoms with Gasteiger partial charge in [0.25, 0.3) is 0 Å². The topological polar surface area (TPSA) is 125 Å². The van der Waals surface area contributed by atoms with Crippen molar-refractivity contribution in [2.45, 2.75) is 0 Å². The second-order valence-corrected chi connectivity index (χ2v) is 5.62. The van der Waals surface area contributed by atoms with E-state index in [9.17, 15) is 4.79 Å². The van der Waals surface area contributed by atoms with Crippen LogP contribution >= 0.6 is 0 Å². The van der Waals surface area contributed by atoms with Gasteiger partial charge in [-0.1, -0.05) is 6.07 Å². The summed E-state index contributed by atoms with van der Waals surface area (Å²) in [6.07, 6.45) is 4.89. The van der Waals surface area contributed by atoms with Gasteiger partial charge in [-0.15, -0.1) is 0 Å². The van der Waals surface area contributed by atoms with Crippen molar-refractivity contribution in [3.8, 4) is 34.2 Å². The minimum atomic E-state index is -0.425. The van der Waals surface area contributed by atoms with Crippen LogP contribution in [-0.4, -0.2) is 36.8 Å². The SMILES string of the molecule is COc1cccc(-n2c(-c3nc(-c4cccnc4)cnc3N)n[nH]c2=O)c1. The van der Waals surface area contributed by atoms with Gasteiger partial charge in [0.2, 0.25) is 0 Å². The zero-order chi connectivity index (χ0) is 18.8. The highest BCUT2D eigenvalue weighted by atomic mass is 16.5. The molecule has 3 aromatic heterocycles. The zero-order valence-corrected chi connectivity index (χ0v) is 14.3. The molecule has 0 saturated carbocycles. The van der Waals surface area contributed by atoms with Gasteiger partial charge in [0, 0.05) is 24.0 Å². The lowest BCUT2D eigenvalue weighted by molar-refractivity contribution is 0.414. The number of nitrogens with zero attached hydrogens (tertiary/aromatic N) is 5. The second-order valence-electron chi connectivity index (χ2n) is 5.62. The molecule has 0 aliphatic heterocycles. The molecule has 134 valence electrons. The van der Waals surface area contributed by atoms with Crippen LogP contribution in [0.15, 0.2) is 59.8 Å². The Balaban J connectivity index is 1.89. The van der Waals surface area contributed by atoms with E-state index in [0.717, 1.165) is 5.56 Å². The minimum absolute atomic E-state index is 0.158. The number of aromatic nitrogens is 6. The van der Waals surface area contributed by atoms with Gasteiger partial charge in [-0.25, -0.2) is 24.4 Å². The number of ether oxygens (including phenoxy) is 1. The predicted octanol–water partition coefficient (Wildman–Crippen LogP) is 1.67. The van der Waals surface area contributed by atoms with E-state index in [1.54, 1.807) is 56.0 Å². The highest BCUT2D eigenvalue weighted by molar-refractivity contribution is 5.69. The molecule has 0 radical (unpaired) electrons. The molecule has 0 spiro atoms. The highest BCUT2D eigenvalue weighted by Gasteiger charge is 2.18. The predicted molar refractivity (Wildman–Crippen MR) is 99.4 cm³/mol. The fourth-order valence-electron chi connectivity index (χ4n) is 2.66. The van der Waals surface area contributed by atoms with Crippen molar-refractivity contribution in [1.29, 1.82) is 0 Å². The fraction of sp³-hybridized carbons (Fsp3) is 0.0556. The first-order chi connectivity index (χ1) is 13.2. The molecule has 1 aromatic carbocycles. The summed E-state index contributed by atoms with van der Waals surface area (Å²) in [6.45, 7) is 0. The van der Waals surface area contributed by atoms with E-state index in [4.69, 9.17) is 10.5 Å². The number of hydrogen-bond donors (Lipinski definition) is 2. The molecule has 0 atom stereocenters. The summed E-state index contributed by atoms with van der Waals surface area (Å²) in [5, 5.41) is 6.54. The Kier molecular flexibility index (Phi) is 4.09. The maximum atomic E-state index is 12.4. The van der Waals surface area contributed by atoms with E-state index in [2.05, 4.69) is 25.1 Å². The molecule has 4 aromatic rings. The second kappa shape index (κ2) is 6.71. The van der Waals surface area contributed by atoms with Crippen molar-refractivity contribution >= 4 is 5.82 Å². The molecule has 0 unspecified atom stereocenters. The van der Waals surface area contributed by atoms with Gasteiger partial charge >= 0.3 is 5.69 Å². The maximum Gasteiger partial charge on any atom is 0.348 e. The quantitative estimate of drug-likeness (QED) is 0.566. The summed E-state index contributed by atoms with van der Waals surface area (Å²) in [7, 11) is 1.55. The molecule has 3 heterocycles. The number of pyridine rings is 1. The van der Waals surface area contributed by atoms with Gasteiger partial charge in [0.05, 0.1) is 24.7 Å². The third-order valence-corrected chi connectivity index (χ3v) is 3.95. The van der Waals surface area contributed by atoms with Crippen LogP contribution in [0.5, 0.6) is 5.75 Å². The number of H-pyrrole nitrogens is 1. The van der Waals surface area contributed by atoms with Crippen LogP contribution in [0.4, 0.5) is 5.82 Å². The summed E-state index contributed by atoms with van der Waals surface area (Å²) < 4.78 is 6.60. The van der Waals surface area contributed by atoms with E-state index in [0.29, 0.717) is 17.1 Å². The van der Waals surface area contributed by atoms with Crippen LogP contribution < -0.4 is 16.2 Å². The van der Waals surface area contributed by atoms with Gasteiger partial charge in [-0.2, -0.15) is 5.10 Å². The molecule has 0 aliphatic rings. The number of rotatable bonds is 4. The summed E-state index contributed by atoms with van der Waals surface area (Å²) in [6, 6.07) is 10.7. The third kappa shape index (κ3) is 3.01. The first-order valence-corrected chi connectivity index (χ1v) is 8.02. The average molecular weight is 361 g/mol. The lowest BCUT2D eigenvalue weighted by atomic mass is 10.2. The Morgan fingerprint density at radius 1 is 1.19 bits per heavy atom. The molecule has 0 aliphatic carbocycles. The van der Waals surface area contributed by atoms with Crippen molar-refractivity contribution in [2.75, 3.05) is 12.8 Å². The van der Waals surface area contributed by atoms with Crippen LogP contribution in [0.25, 0.3) is 28.5 Å². The lowest BCUT2D eigenvalue weighted by Gasteiger charge is -2.09. The number of nitrogens with one attached hydrogen (secondary N) is 1. The zero-order valence-electron chi connectivity index (χ0n) is 14.3. The Hall–Kier alpha value is -4.01.